The molecule has 0 heterocycles. The van der Waals surface area contributed by atoms with Crippen molar-refractivity contribution in [2.75, 3.05) is 0 Å². The summed E-state index contributed by atoms with van der Waals surface area (Å²) in [6, 6.07) is 0. The van der Waals surface area contributed by atoms with Crippen LogP contribution in [-0.4, -0.2) is 0 Å². The Morgan fingerprint density at radius 3 is 0.667 bits per heavy atom. The fraction of sp³-hybridized carbons (Fsp3) is 0.818. The van der Waals surface area contributed by atoms with Crippen LogP contribution in [0.5, 0.6) is 0 Å². The molecule has 0 fully saturated rings. The van der Waals surface area contributed by atoms with Gasteiger partial charge in [0, 0.05) is 32.7 Å². The van der Waals surface area contributed by atoms with Gasteiger partial charge in [0.25, 0.3) is 0 Å². The molecule has 0 nitrogen and oxygen atoms in total. The van der Waals surface area contributed by atoms with Gasteiger partial charge in [-0.25, -0.2) is 0 Å². The zero-order chi connectivity index (χ0) is 5.58. The minimum atomic E-state index is 0. The van der Waals surface area contributed by atoms with Gasteiger partial charge >= 0.3 is 0 Å². The molecule has 0 aromatic heterocycles. The van der Waals surface area contributed by atoms with E-state index in [4.69, 9.17) is 0 Å². The van der Waals surface area contributed by atoms with Gasteiger partial charge in [-0.2, -0.15) is 0 Å². The van der Waals surface area contributed by atoms with Gasteiger partial charge in [-0.05, 0) is 5.92 Å². The Morgan fingerprint density at radius 2 is 0.667 bits per heavy atom. The third-order valence-electron chi connectivity index (χ3n) is 0. The third kappa shape index (κ3) is 930. The van der Waals surface area contributed by atoms with Crippen LogP contribution in [0, 0.1) is 20.8 Å². The van der Waals surface area contributed by atoms with E-state index in [9.17, 15) is 0 Å². The summed E-state index contributed by atoms with van der Waals surface area (Å²) >= 11 is 0. The molecule has 0 spiro atoms. The first kappa shape index (κ1) is 73.7. The van der Waals surface area contributed by atoms with Crippen LogP contribution in [-0.2, 0) is 32.7 Å². The van der Waals surface area contributed by atoms with Crippen molar-refractivity contribution in [2.45, 2.75) is 56.9 Å². The van der Waals surface area contributed by atoms with Crippen molar-refractivity contribution in [3.05, 3.63) is 14.9 Å². The molecule has 0 saturated carbocycles. The molecule has 0 atom stereocenters. The minimum absolute atomic E-state index is 0. The van der Waals surface area contributed by atoms with Gasteiger partial charge in [0.15, 0.2) is 0 Å². The van der Waals surface area contributed by atoms with Crippen LogP contribution in [0.25, 0.3) is 0 Å². The summed E-state index contributed by atoms with van der Waals surface area (Å²) in [6.07, 6.45) is 0. The maximum absolute atomic E-state index is 2.17. The standard InChI is InChI=1S/C4H10.C2H6.3CH4.2CH3.Y/c1-4(2)3;1-2;;;;;;/h4H,1-3H3;1-2H3;3*1H4;2*1H3;/q;;;;;2*-1;. The van der Waals surface area contributed by atoms with Crippen LogP contribution < -0.4 is 0 Å². The molecule has 0 rings (SSSR count). The van der Waals surface area contributed by atoms with E-state index in [0.717, 1.165) is 5.92 Å². The van der Waals surface area contributed by atoms with Crippen molar-refractivity contribution >= 4 is 0 Å². The Balaban J connectivity index is -0.00000000317. The molecule has 1 heteroatoms. The molecule has 12 heavy (non-hydrogen) atoms. The van der Waals surface area contributed by atoms with E-state index in [2.05, 4.69) is 20.8 Å². The average molecular weight is 255 g/mol. The molecule has 0 aliphatic carbocycles. The van der Waals surface area contributed by atoms with Crippen LogP contribution in [0.1, 0.15) is 56.9 Å². The largest absolute Gasteiger partial charge is 0.358 e. The smallest absolute Gasteiger partial charge is 0 e. The third-order valence-corrected chi connectivity index (χ3v) is 0. The van der Waals surface area contributed by atoms with Gasteiger partial charge < -0.3 is 14.9 Å². The van der Waals surface area contributed by atoms with E-state index in [-0.39, 0.29) is 69.8 Å². The molecule has 1 radical (unpaired) electrons. The molecule has 0 amide bonds. The Hall–Kier alpha value is 1.10. The average Bonchev–Trinajstić information content (AvgIpc) is 1.41. The van der Waals surface area contributed by atoms with E-state index in [1.165, 1.54) is 0 Å². The normalized spacial score (nSPS) is 3.50. The summed E-state index contributed by atoms with van der Waals surface area (Å²) in [5.41, 5.74) is 0. The number of hydrogen-bond acceptors (Lipinski definition) is 0. The molecule has 0 bridgehead atoms. The molecule has 0 aliphatic rings. The van der Waals surface area contributed by atoms with Crippen molar-refractivity contribution in [1.29, 1.82) is 0 Å². The zero-order valence-electron chi connectivity index (χ0n) is 8.15. The maximum atomic E-state index is 2.17. The fourth-order valence-electron chi connectivity index (χ4n) is 0. The van der Waals surface area contributed by atoms with Crippen molar-refractivity contribution in [3.63, 3.8) is 0 Å². The maximum Gasteiger partial charge on any atom is 0 e. The second-order valence-electron chi connectivity index (χ2n) is 1.73. The predicted octanol–water partition coefficient (Wildman–Crippen LogP) is 5.49. The Kier molecular flexibility index (Phi) is 544. The fourth-order valence-corrected chi connectivity index (χ4v) is 0. The summed E-state index contributed by atoms with van der Waals surface area (Å²) in [7, 11) is 0. The predicted molar refractivity (Wildman–Crippen MR) is 64.9 cm³/mol. The van der Waals surface area contributed by atoms with Gasteiger partial charge in [-0.15, -0.1) is 0 Å². The minimum Gasteiger partial charge on any atom is -0.358 e. The number of rotatable bonds is 0. The Morgan fingerprint density at radius 1 is 0.667 bits per heavy atom. The van der Waals surface area contributed by atoms with E-state index >= 15 is 0 Å². The molecule has 83 valence electrons. The Labute approximate surface area is 110 Å². The van der Waals surface area contributed by atoms with E-state index in [1.807, 2.05) is 13.8 Å². The van der Waals surface area contributed by atoms with Gasteiger partial charge in [-0.1, -0.05) is 56.9 Å². The molecular formula is C11H34Y-2. The molecular weight excluding hydrogens is 221 g/mol. The molecule has 0 N–H and O–H groups in total. The summed E-state index contributed by atoms with van der Waals surface area (Å²) in [5, 5.41) is 0. The second kappa shape index (κ2) is 88.6. The molecule has 0 saturated heterocycles. The van der Waals surface area contributed by atoms with Crippen LogP contribution >= 0.6 is 0 Å². The van der Waals surface area contributed by atoms with Crippen molar-refractivity contribution in [3.8, 4) is 0 Å². The van der Waals surface area contributed by atoms with Crippen molar-refractivity contribution in [2.24, 2.45) is 5.92 Å². The Bertz CT molecular complexity index is 9.72. The summed E-state index contributed by atoms with van der Waals surface area (Å²) in [5.74, 6) is 0.833. The first-order valence-corrected chi connectivity index (χ1v) is 2.73. The van der Waals surface area contributed by atoms with Crippen LogP contribution in [0.15, 0.2) is 0 Å². The van der Waals surface area contributed by atoms with Crippen LogP contribution in [0.2, 0.25) is 0 Å². The molecule has 0 aromatic rings. The zero-order valence-corrected chi connectivity index (χ0v) is 11.0. The van der Waals surface area contributed by atoms with Crippen LogP contribution in [0.3, 0.4) is 0 Å². The number of hydrogen-bond donors (Lipinski definition) is 0. The molecule has 0 aromatic carbocycles. The summed E-state index contributed by atoms with van der Waals surface area (Å²) < 4.78 is 0. The topological polar surface area (TPSA) is 0 Å². The van der Waals surface area contributed by atoms with Crippen molar-refractivity contribution in [1.82, 2.24) is 0 Å². The monoisotopic (exact) mass is 255 g/mol. The van der Waals surface area contributed by atoms with Gasteiger partial charge in [0.2, 0.25) is 0 Å². The first-order valence-electron chi connectivity index (χ1n) is 2.73. The van der Waals surface area contributed by atoms with Crippen molar-refractivity contribution < 1.29 is 32.7 Å². The van der Waals surface area contributed by atoms with Gasteiger partial charge in [0.05, 0.1) is 0 Å². The SMILES string of the molecule is C.C.C.CC.CC(C)C.[CH3-].[CH3-].[Y]. The molecule has 0 unspecified atom stereocenters. The second-order valence-corrected chi connectivity index (χ2v) is 1.73. The van der Waals surface area contributed by atoms with E-state index < -0.39 is 0 Å². The van der Waals surface area contributed by atoms with E-state index in [0.29, 0.717) is 0 Å². The first-order chi connectivity index (χ1) is 2.73. The quantitative estimate of drug-likeness (QED) is 0.502. The summed E-state index contributed by atoms with van der Waals surface area (Å²) in [6.45, 7) is 10.5. The van der Waals surface area contributed by atoms with Gasteiger partial charge in [0.1, 0.15) is 0 Å². The van der Waals surface area contributed by atoms with E-state index in [1.54, 1.807) is 0 Å². The van der Waals surface area contributed by atoms with Gasteiger partial charge in [-0.3, -0.25) is 0 Å². The molecule has 0 aliphatic heterocycles. The van der Waals surface area contributed by atoms with Crippen LogP contribution in [0.4, 0.5) is 0 Å². The summed E-state index contributed by atoms with van der Waals surface area (Å²) in [4.78, 5) is 0.